The van der Waals surface area contributed by atoms with Crippen molar-refractivity contribution < 1.29 is 0 Å². The molecule has 0 spiro atoms. The summed E-state index contributed by atoms with van der Waals surface area (Å²) < 4.78 is 1.63. The van der Waals surface area contributed by atoms with Gasteiger partial charge in [0, 0.05) is 17.0 Å². The van der Waals surface area contributed by atoms with Crippen LogP contribution in [0.25, 0.3) is 22.2 Å². The van der Waals surface area contributed by atoms with E-state index in [-0.39, 0.29) is 11.7 Å². The van der Waals surface area contributed by atoms with E-state index in [2.05, 4.69) is 24.0 Å². The minimum absolute atomic E-state index is 0.0325. The third-order valence-electron chi connectivity index (χ3n) is 4.38. The summed E-state index contributed by atoms with van der Waals surface area (Å²) in [4.78, 5) is 27.8. The van der Waals surface area contributed by atoms with Gasteiger partial charge in [0.25, 0.3) is 0 Å². The number of nitroso groups, excluding NO2 is 1. The molecule has 0 bridgehead atoms. The van der Waals surface area contributed by atoms with E-state index in [0.29, 0.717) is 17.3 Å². The highest BCUT2D eigenvalue weighted by atomic mass is 16.3. The number of benzene rings is 2. The van der Waals surface area contributed by atoms with Gasteiger partial charge in [-0.05, 0) is 48.7 Å². The number of hydrogen-bond acceptors (Lipinski definition) is 4. The molecular weight excluding hydrogens is 314 g/mol. The molecule has 1 heterocycles. The maximum Gasteiger partial charge on any atom is 0.348 e. The molecule has 5 nitrogen and oxygen atoms in total. The smallest absolute Gasteiger partial charge is 0.289 e. The Hall–Kier alpha value is -2.82. The summed E-state index contributed by atoms with van der Waals surface area (Å²) in [7, 11) is 0. The quantitative estimate of drug-likeness (QED) is 0.618. The Labute approximate surface area is 146 Å². The summed E-state index contributed by atoms with van der Waals surface area (Å²) >= 11 is 0. The zero-order valence-electron chi connectivity index (χ0n) is 14.9. The van der Waals surface area contributed by atoms with Gasteiger partial charge in [0.2, 0.25) is 0 Å². The summed E-state index contributed by atoms with van der Waals surface area (Å²) in [5.41, 5.74) is 3.44. The first kappa shape index (κ1) is 17.0. The van der Waals surface area contributed by atoms with E-state index in [0.717, 1.165) is 16.5 Å². The second kappa shape index (κ2) is 6.59. The molecule has 3 aromatic rings. The number of fused-ring (bicyclic) bond motifs is 1. The van der Waals surface area contributed by atoms with E-state index in [1.807, 2.05) is 38.1 Å². The van der Waals surface area contributed by atoms with Gasteiger partial charge in [-0.2, -0.15) is 4.98 Å². The van der Waals surface area contributed by atoms with Gasteiger partial charge in [0.15, 0.2) is 0 Å². The monoisotopic (exact) mass is 335 g/mol. The third kappa shape index (κ3) is 3.09. The van der Waals surface area contributed by atoms with Crippen molar-refractivity contribution in [2.24, 2.45) is 5.18 Å². The van der Waals surface area contributed by atoms with E-state index in [1.165, 1.54) is 5.56 Å². The number of nitrogens with zero attached hydrogens (tertiary/aromatic N) is 3. The van der Waals surface area contributed by atoms with Crippen molar-refractivity contribution in [2.45, 2.75) is 39.7 Å². The van der Waals surface area contributed by atoms with Crippen LogP contribution in [-0.4, -0.2) is 9.55 Å². The van der Waals surface area contributed by atoms with E-state index in [4.69, 9.17) is 0 Å². The summed E-state index contributed by atoms with van der Waals surface area (Å²) in [6.07, 6.45) is 0. The topological polar surface area (TPSA) is 64.3 Å². The Morgan fingerprint density at radius 3 is 2.24 bits per heavy atom. The van der Waals surface area contributed by atoms with Crippen LogP contribution < -0.4 is 5.69 Å². The van der Waals surface area contributed by atoms with Crippen molar-refractivity contribution in [1.82, 2.24) is 9.55 Å². The van der Waals surface area contributed by atoms with Crippen LogP contribution in [0.2, 0.25) is 0 Å². The zero-order chi connectivity index (χ0) is 18.1. The highest BCUT2D eigenvalue weighted by Gasteiger charge is 2.15. The SMILES string of the molecule is CC(C)c1ccc(-c2nc(=O)n(C(C)C)c3ccc(N=O)cc23)cc1. The minimum Gasteiger partial charge on any atom is -0.289 e. The van der Waals surface area contributed by atoms with Crippen molar-refractivity contribution in [3.05, 3.63) is 63.4 Å². The molecule has 5 heteroatoms. The van der Waals surface area contributed by atoms with Gasteiger partial charge in [0.05, 0.1) is 11.2 Å². The van der Waals surface area contributed by atoms with Crippen LogP contribution in [0.15, 0.2) is 52.4 Å². The summed E-state index contributed by atoms with van der Waals surface area (Å²) in [5, 5.41) is 3.78. The molecule has 0 aliphatic heterocycles. The summed E-state index contributed by atoms with van der Waals surface area (Å²) in [5.74, 6) is 0.429. The molecule has 0 fully saturated rings. The molecule has 0 N–H and O–H groups in total. The van der Waals surface area contributed by atoms with Crippen LogP contribution in [0, 0.1) is 4.91 Å². The lowest BCUT2D eigenvalue weighted by molar-refractivity contribution is 0.587. The zero-order valence-corrected chi connectivity index (χ0v) is 14.9. The summed E-state index contributed by atoms with van der Waals surface area (Å²) in [6.45, 7) is 8.14. The van der Waals surface area contributed by atoms with Gasteiger partial charge in [-0.25, -0.2) is 4.79 Å². The second-order valence-corrected chi connectivity index (χ2v) is 6.78. The average Bonchev–Trinajstić information content (AvgIpc) is 2.60. The van der Waals surface area contributed by atoms with Crippen molar-refractivity contribution in [3.63, 3.8) is 0 Å². The second-order valence-electron chi connectivity index (χ2n) is 6.78. The third-order valence-corrected chi connectivity index (χ3v) is 4.38. The minimum atomic E-state index is -0.294. The van der Waals surface area contributed by atoms with E-state index in [9.17, 15) is 9.70 Å². The molecule has 0 saturated carbocycles. The molecule has 0 radical (unpaired) electrons. The van der Waals surface area contributed by atoms with E-state index in [1.54, 1.807) is 22.8 Å². The highest BCUT2D eigenvalue weighted by molar-refractivity contribution is 5.94. The van der Waals surface area contributed by atoms with Crippen LogP contribution in [0.4, 0.5) is 5.69 Å². The lowest BCUT2D eigenvalue weighted by atomic mass is 9.99. The number of rotatable bonds is 4. The Kier molecular flexibility index (Phi) is 4.49. The van der Waals surface area contributed by atoms with Crippen LogP contribution in [0.1, 0.15) is 45.2 Å². The molecule has 2 aromatic carbocycles. The van der Waals surface area contributed by atoms with Gasteiger partial charge < -0.3 is 0 Å². The van der Waals surface area contributed by atoms with Gasteiger partial charge >= 0.3 is 5.69 Å². The first-order chi connectivity index (χ1) is 11.9. The summed E-state index contributed by atoms with van der Waals surface area (Å²) in [6, 6.07) is 13.1. The fourth-order valence-corrected chi connectivity index (χ4v) is 3.04. The molecule has 0 saturated heterocycles. The van der Waals surface area contributed by atoms with E-state index < -0.39 is 0 Å². The Balaban J connectivity index is 2.32. The molecule has 25 heavy (non-hydrogen) atoms. The van der Waals surface area contributed by atoms with Crippen molar-refractivity contribution in [1.29, 1.82) is 0 Å². The Bertz CT molecular complexity index is 986. The molecule has 1 aromatic heterocycles. The molecule has 0 aliphatic rings. The molecular formula is C20H21N3O2. The van der Waals surface area contributed by atoms with Crippen LogP contribution in [0.3, 0.4) is 0 Å². The van der Waals surface area contributed by atoms with Gasteiger partial charge in [-0.1, -0.05) is 38.1 Å². The first-order valence-electron chi connectivity index (χ1n) is 8.42. The molecule has 3 rings (SSSR count). The largest absolute Gasteiger partial charge is 0.348 e. The highest BCUT2D eigenvalue weighted by Crippen LogP contribution is 2.30. The predicted molar refractivity (Wildman–Crippen MR) is 101 cm³/mol. The van der Waals surface area contributed by atoms with Crippen LogP contribution in [0.5, 0.6) is 0 Å². The predicted octanol–water partition coefficient (Wildman–Crippen LogP) is 5.17. The molecule has 128 valence electrons. The van der Waals surface area contributed by atoms with Crippen molar-refractivity contribution in [3.8, 4) is 11.3 Å². The average molecular weight is 335 g/mol. The maximum absolute atomic E-state index is 12.6. The van der Waals surface area contributed by atoms with Crippen molar-refractivity contribution >= 4 is 16.6 Å². The number of hydrogen-bond donors (Lipinski definition) is 0. The van der Waals surface area contributed by atoms with Gasteiger partial charge in [-0.3, -0.25) is 4.57 Å². The van der Waals surface area contributed by atoms with Crippen LogP contribution >= 0.6 is 0 Å². The normalized spacial score (nSPS) is 11.4. The number of aromatic nitrogens is 2. The standard InChI is InChI=1S/C20H21N3O2/c1-12(2)14-5-7-15(8-6-14)19-17-11-16(22-25)9-10-18(17)23(13(3)4)20(24)21-19/h5-13H,1-4H3. The fraction of sp³-hybridized carbons (Fsp3) is 0.300. The molecule has 0 atom stereocenters. The molecule has 0 amide bonds. The Morgan fingerprint density at radius 2 is 1.68 bits per heavy atom. The van der Waals surface area contributed by atoms with Gasteiger partial charge in [0.1, 0.15) is 5.69 Å². The van der Waals surface area contributed by atoms with Gasteiger partial charge in [-0.15, -0.1) is 4.91 Å². The van der Waals surface area contributed by atoms with E-state index >= 15 is 0 Å². The molecule has 0 unspecified atom stereocenters. The first-order valence-corrected chi connectivity index (χ1v) is 8.42. The Morgan fingerprint density at radius 1 is 1.00 bits per heavy atom. The lowest BCUT2D eigenvalue weighted by Crippen LogP contribution is -2.25. The van der Waals surface area contributed by atoms with Crippen LogP contribution in [-0.2, 0) is 0 Å². The lowest BCUT2D eigenvalue weighted by Gasteiger charge is -2.16. The fourth-order valence-electron chi connectivity index (χ4n) is 3.04. The molecule has 0 aliphatic carbocycles. The maximum atomic E-state index is 12.6. The van der Waals surface area contributed by atoms with Crippen molar-refractivity contribution in [2.75, 3.05) is 0 Å².